The number of halogens is 2. The molecule has 9 heteroatoms. The molecule has 3 aromatic carbocycles. The number of oxime groups is 1. The average Bonchev–Trinajstić information content (AvgIpc) is 3.65. The fourth-order valence-corrected chi connectivity index (χ4v) is 5.83. The number of amides is 1. The molecule has 2 fully saturated rings. The molecule has 220 valence electrons. The highest BCUT2D eigenvalue weighted by Gasteiger charge is 2.36. The van der Waals surface area contributed by atoms with Crippen molar-refractivity contribution in [2.75, 3.05) is 19.6 Å². The molecular formula is C33H35ClFN3O4. The summed E-state index contributed by atoms with van der Waals surface area (Å²) in [4.78, 5) is 21.9. The van der Waals surface area contributed by atoms with Crippen molar-refractivity contribution in [1.82, 2.24) is 10.2 Å². The molecule has 1 amide bonds. The van der Waals surface area contributed by atoms with E-state index in [1.165, 1.54) is 12.1 Å². The van der Waals surface area contributed by atoms with E-state index in [0.717, 1.165) is 55.5 Å². The number of hydrogen-bond acceptors (Lipinski definition) is 6. The van der Waals surface area contributed by atoms with Gasteiger partial charge in [-0.3, -0.25) is 4.79 Å². The van der Waals surface area contributed by atoms with E-state index in [9.17, 15) is 14.3 Å². The molecular weight excluding hydrogens is 557 g/mol. The third kappa shape index (κ3) is 6.16. The van der Waals surface area contributed by atoms with Crippen LogP contribution >= 0.6 is 11.6 Å². The number of benzene rings is 3. The number of nitrogens with zero attached hydrogens (tertiary/aromatic N) is 2. The fourth-order valence-electron chi connectivity index (χ4n) is 5.59. The largest absolute Gasteiger partial charge is 0.489 e. The van der Waals surface area contributed by atoms with Crippen molar-refractivity contribution in [3.63, 3.8) is 0 Å². The molecule has 2 N–H and O–H groups in total. The average molecular weight is 592 g/mol. The number of ether oxygens (including phenoxy) is 1. The highest BCUT2D eigenvalue weighted by atomic mass is 35.5. The first-order chi connectivity index (χ1) is 20.2. The van der Waals surface area contributed by atoms with Gasteiger partial charge in [0.15, 0.2) is 11.3 Å². The highest BCUT2D eigenvalue weighted by molar-refractivity contribution is 6.45. The van der Waals surface area contributed by atoms with Crippen LogP contribution in [0.5, 0.6) is 5.75 Å². The monoisotopic (exact) mass is 591 g/mol. The van der Waals surface area contributed by atoms with Crippen LogP contribution in [0.25, 0.3) is 11.1 Å². The van der Waals surface area contributed by atoms with Crippen LogP contribution in [0.15, 0.2) is 65.8 Å². The molecule has 2 unspecified atom stereocenters. The number of aliphatic hydroxyl groups excluding tert-OH is 1. The second kappa shape index (κ2) is 11.7. The van der Waals surface area contributed by atoms with E-state index in [0.29, 0.717) is 28.4 Å². The lowest BCUT2D eigenvalue weighted by atomic mass is 9.87. The zero-order valence-electron chi connectivity index (χ0n) is 23.8. The highest BCUT2D eigenvalue weighted by Crippen LogP contribution is 2.37. The molecule has 2 heterocycles. The molecule has 0 spiro atoms. The summed E-state index contributed by atoms with van der Waals surface area (Å²) in [5.74, 6) is -0.144. The minimum absolute atomic E-state index is 0.139. The normalized spacial score (nSPS) is 19.3. The van der Waals surface area contributed by atoms with Crippen molar-refractivity contribution < 1.29 is 23.9 Å². The summed E-state index contributed by atoms with van der Waals surface area (Å²) in [6.07, 6.45) is 3.39. The van der Waals surface area contributed by atoms with Crippen molar-refractivity contribution >= 4 is 23.2 Å². The van der Waals surface area contributed by atoms with Gasteiger partial charge in [0.25, 0.3) is 5.91 Å². The summed E-state index contributed by atoms with van der Waals surface area (Å²) in [7, 11) is 0. The molecule has 2 atom stereocenters. The smallest absolute Gasteiger partial charge is 0.274 e. The molecule has 0 bridgehead atoms. The topological polar surface area (TPSA) is 83.4 Å². The molecule has 2 aliphatic heterocycles. The van der Waals surface area contributed by atoms with Gasteiger partial charge in [-0.2, -0.15) is 0 Å². The number of likely N-dealkylation sites (tertiary alicyclic amines) is 1. The maximum Gasteiger partial charge on any atom is 0.274 e. The second-order valence-corrected chi connectivity index (χ2v) is 12.3. The van der Waals surface area contributed by atoms with E-state index in [-0.39, 0.29) is 17.6 Å². The quantitative estimate of drug-likeness (QED) is 0.320. The van der Waals surface area contributed by atoms with Gasteiger partial charge in [0, 0.05) is 17.7 Å². The summed E-state index contributed by atoms with van der Waals surface area (Å²) in [5, 5.41) is 19.2. The van der Waals surface area contributed by atoms with E-state index in [4.69, 9.17) is 21.2 Å². The number of aliphatic hydroxyl groups is 1. The van der Waals surface area contributed by atoms with Gasteiger partial charge < -0.3 is 24.9 Å². The van der Waals surface area contributed by atoms with E-state index >= 15 is 0 Å². The van der Waals surface area contributed by atoms with E-state index in [1.807, 2.05) is 32.0 Å². The molecule has 0 radical (unpaired) electrons. The summed E-state index contributed by atoms with van der Waals surface area (Å²) < 4.78 is 19.4. The molecule has 1 saturated carbocycles. The lowest BCUT2D eigenvalue weighted by Crippen LogP contribution is -2.49. The number of carbonyl (C=O) groups is 1. The zero-order chi connectivity index (χ0) is 29.4. The second-order valence-electron chi connectivity index (χ2n) is 11.8. The van der Waals surface area contributed by atoms with Crippen LogP contribution in [0.3, 0.4) is 0 Å². The predicted molar refractivity (Wildman–Crippen MR) is 160 cm³/mol. The lowest BCUT2D eigenvalue weighted by Gasteiger charge is -2.32. The Morgan fingerprint density at radius 3 is 2.52 bits per heavy atom. The summed E-state index contributed by atoms with van der Waals surface area (Å²) in [6, 6.07) is 16.6. The summed E-state index contributed by atoms with van der Waals surface area (Å²) in [5.41, 5.74) is 3.11. The minimum Gasteiger partial charge on any atom is -0.489 e. The van der Waals surface area contributed by atoms with Gasteiger partial charge >= 0.3 is 0 Å². The van der Waals surface area contributed by atoms with Gasteiger partial charge in [0.1, 0.15) is 17.7 Å². The van der Waals surface area contributed by atoms with Crippen LogP contribution in [0.1, 0.15) is 62.3 Å². The van der Waals surface area contributed by atoms with Crippen molar-refractivity contribution in [1.29, 1.82) is 0 Å². The van der Waals surface area contributed by atoms with Gasteiger partial charge in [-0.05, 0) is 99.6 Å². The molecule has 3 aromatic rings. The summed E-state index contributed by atoms with van der Waals surface area (Å²) in [6.45, 7) is 6.06. The molecule has 3 aliphatic rings. The molecule has 7 nitrogen and oxygen atoms in total. The van der Waals surface area contributed by atoms with Crippen LogP contribution in [-0.4, -0.2) is 53.4 Å². The number of carbonyl (C=O) groups excluding carboxylic acids is 1. The van der Waals surface area contributed by atoms with Crippen molar-refractivity contribution in [3.05, 3.63) is 88.2 Å². The predicted octanol–water partition coefficient (Wildman–Crippen LogP) is 5.97. The Labute approximate surface area is 250 Å². The standard InChI is InChI=1S/C33H35ClFN3O4/c1-33(2)26-17-21(20-5-9-23(35)10-6-20)7-13-25(26)30(37-42-33)32(40)36-28(19-38-15-3-4-16-38)31(39)22-8-14-29(27(34)18-22)41-24-11-12-24/h5-10,13-14,17-18,24,28,31,39H,3-4,11-12,15-16,19H2,1-2H3,(H,36,40). The van der Waals surface area contributed by atoms with Crippen molar-refractivity contribution in [3.8, 4) is 16.9 Å². The SMILES string of the molecule is CC1(C)ON=C(C(=O)NC(CN2CCCC2)C(O)c2ccc(OC3CC3)c(Cl)c2)c2ccc(-c3ccc(F)cc3)cc21. The maximum absolute atomic E-state index is 13.8. The van der Waals surface area contributed by atoms with Crippen molar-refractivity contribution in [2.45, 2.75) is 63.4 Å². The van der Waals surface area contributed by atoms with Crippen molar-refractivity contribution in [2.24, 2.45) is 5.16 Å². The van der Waals surface area contributed by atoms with E-state index in [2.05, 4.69) is 15.4 Å². The first kappa shape index (κ1) is 28.6. The minimum atomic E-state index is -1.01. The van der Waals surface area contributed by atoms with Gasteiger partial charge in [-0.25, -0.2) is 4.39 Å². The number of hydrogen-bond donors (Lipinski definition) is 2. The number of nitrogens with one attached hydrogen (secondary N) is 1. The van der Waals surface area contributed by atoms with Gasteiger partial charge in [-0.1, -0.05) is 47.1 Å². The number of rotatable bonds is 9. The van der Waals surface area contributed by atoms with E-state index < -0.39 is 23.7 Å². The molecule has 6 rings (SSSR count). The van der Waals surface area contributed by atoms with Crippen LogP contribution in [0.2, 0.25) is 5.02 Å². The lowest BCUT2D eigenvalue weighted by molar-refractivity contribution is -0.117. The zero-order valence-corrected chi connectivity index (χ0v) is 24.5. The first-order valence-electron chi connectivity index (χ1n) is 14.5. The maximum atomic E-state index is 13.8. The Morgan fingerprint density at radius 1 is 1.12 bits per heavy atom. The van der Waals surface area contributed by atoms with Crippen LogP contribution in [0, 0.1) is 5.82 Å². The third-order valence-electron chi connectivity index (χ3n) is 8.15. The van der Waals surface area contributed by atoms with Gasteiger partial charge in [0.2, 0.25) is 0 Å². The van der Waals surface area contributed by atoms with Crippen LogP contribution < -0.4 is 10.1 Å². The third-order valence-corrected chi connectivity index (χ3v) is 8.44. The molecule has 0 aromatic heterocycles. The van der Waals surface area contributed by atoms with Crippen LogP contribution in [0.4, 0.5) is 4.39 Å². The first-order valence-corrected chi connectivity index (χ1v) is 14.9. The molecule has 42 heavy (non-hydrogen) atoms. The molecule has 1 aliphatic carbocycles. The Balaban J connectivity index is 1.26. The summed E-state index contributed by atoms with van der Waals surface area (Å²) >= 11 is 6.51. The van der Waals surface area contributed by atoms with Crippen LogP contribution in [-0.2, 0) is 15.2 Å². The Morgan fingerprint density at radius 2 is 1.83 bits per heavy atom. The van der Waals surface area contributed by atoms with Gasteiger partial charge in [-0.15, -0.1) is 0 Å². The molecule has 1 saturated heterocycles. The Kier molecular flexibility index (Phi) is 7.96. The van der Waals surface area contributed by atoms with Gasteiger partial charge in [0.05, 0.1) is 17.2 Å². The number of fused-ring (bicyclic) bond motifs is 1. The van der Waals surface area contributed by atoms with E-state index in [1.54, 1.807) is 30.3 Å². The fraction of sp³-hybridized carbons (Fsp3) is 0.394. The Hall–Kier alpha value is -3.46. The Bertz CT molecular complexity index is 1500.